The Kier molecular flexibility index (Phi) is 4.51. The number of nitrogens with one attached hydrogen (secondary N) is 1. The van der Waals surface area contributed by atoms with Crippen molar-refractivity contribution in [3.63, 3.8) is 0 Å². The highest BCUT2D eigenvalue weighted by Crippen LogP contribution is 2.17. The lowest BCUT2D eigenvalue weighted by Crippen LogP contribution is -2.39. The van der Waals surface area contributed by atoms with E-state index >= 15 is 0 Å². The molecule has 1 N–H and O–H groups in total. The SMILES string of the molecule is Cc1cccc(CC(=O)NC2=CCN(C(C)(C)C)C=C2)c1. The number of amides is 1. The molecule has 2 rings (SSSR count). The van der Waals surface area contributed by atoms with Gasteiger partial charge in [0.25, 0.3) is 0 Å². The van der Waals surface area contributed by atoms with Crippen molar-refractivity contribution in [1.29, 1.82) is 0 Å². The van der Waals surface area contributed by atoms with Crippen molar-refractivity contribution in [2.75, 3.05) is 6.54 Å². The van der Waals surface area contributed by atoms with Gasteiger partial charge < -0.3 is 10.2 Å². The van der Waals surface area contributed by atoms with Crippen LogP contribution in [0.25, 0.3) is 0 Å². The van der Waals surface area contributed by atoms with Crippen molar-refractivity contribution in [3.8, 4) is 0 Å². The van der Waals surface area contributed by atoms with E-state index in [4.69, 9.17) is 0 Å². The van der Waals surface area contributed by atoms with Crippen LogP contribution in [0.1, 0.15) is 31.9 Å². The Bertz CT molecular complexity index is 579. The van der Waals surface area contributed by atoms with Crippen LogP contribution >= 0.6 is 0 Å². The zero-order valence-corrected chi connectivity index (χ0v) is 13.3. The maximum absolute atomic E-state index is 12.1. The number of benzene rings is 1. The zero-order valence-electron chi connectivity index (χ0n) is 13.3. The quantitative estimate of drug-likeness (QED) is 0.924. The molecule has 0 spiro atoms. The van der Waals surface area contributed by atoms with Crippen LogP contribution in [-0.2, 0) is 11.2 Å². The van der Waals surface area contributed by atoms with E-state index < -0.39 is 0 Å². The van der Waals surface area contributed by atoms with Crippen LogP contribution < -0.4 is 5.32 Å². The van der Waals surface area contributed by atoms with E-state index in [-0.39, 0.29) is 11.4 Å². The number of allylic oxidation sites excluding steroid dienone is 1. The summed E-state index contributed by atoms with van der Waals surface area (Å²) in [7, 11) is 0. The van der Waals surface area contributed by atoms with Gasteiger partial charge >= 0.3 is 0 Å². The molecule has 1 aromatic rings. The standard InChI is InChI=1S/C18H24N2O/c1-14-6-5-7-15(12-14)13-17(21)19-16-8-10-20(11-9-16)18(2,3)4/h5-10,12H,11,13H2,1-4H3,(H,19,21). The predicted molar refractivity (Wildman–Crippen MR) is 86.7 cm³/mol. The van der Waals surface area contributed by atoms with Crippen molar-refractivity contribution in [3.05, 3.63) is 59.4 Å². The summed E-state index contributed by atoms with van der Waals surface area (Å²) in [6, 6.07) is 8.05. The van der Waals surface area contributed by atoms with Crippen LogP contribution in [0, 0.1) is 6.92 Å². The van der Waals surface area contributed by atoms with E-state index in [9.17, 15) is 4.79 Å². The molecule has 0 unspecified atom stereocenters. The molecule has 0 saturated carbocycles. The highest BCUT2D eigenvalue weighted by Gasteiger charge is 2.19. The Labute approximate surface area is 127 Å². The molecule has 0 fully saturated rings. The molecule has 1 heterocycles. The maximum Gasteiger partial charge on any atom is 0.228 e. The van der Waals surface area contributed by atoms with E-state index in [1.54, 1.807) is 0 Å². The summed E-state index contributed by atoms with van der Waals surface area (Å²) >= 11 is 0. The van der Waals surface area contributed by atoms with Crippen molar-refractivity contribution in [1.82, 2.24) is 10.2 Å². The first-order valence-electron chi connectivity index (χ1n) is 7.35. The highest BCUT2D eigenvalue weighted by molar-refractivity contribution is 5.80. The van der Waals surface area contributed by atoms with Crippen molar-refractivity contribution >= 4 is 5.91 Å². The fraction of sp³-hybridized carbons (Fsp3) is 0.389. The molecule has 21 heavy (non-hydrogen) atoms. The Balaban J connectivity index is 1.90. The lowest BCUT2D eigenvalue weighted by molar-refractivity contribution is -0.119. The maximum atomic E-state index is 12.1. The molecule has 112 valence electrons. The van der Waals surface area contributed by atoms with Crippen LogP contribution in [-0.4, -0.2) is 22.9 Å². The van der Waals surface area contributed by atoms with Crippen molar-refractivity contribution in [2.45, 2.75) is 39.7 Å². The summed E-state index contributed by atoms with van der Waals surface area (Å²) in [5, 5.41) is 2.97. The Morgan fingerprint density at radius 3 is 2.67 bits per heavy atom. The molecule has 1 aliphatic rings. The minimum Gasteiger partial charge on any atom is -0.369 e. The summed E-state index contributed by atoms with van der Waals surface area (Å²) < 4.78 is 0. The van der Waals surface area contributed by atoms with Crippen LogP contribution in [0.15, 0.2) is 48.3 Å². The summed E-state index contributed by atoms with van der Waals surface area (Å²) in [6.07, 6.45) is 6.47. The molecule has 0 aromatic heterocycles. The van der Waals surface area contributed by atoms with Crippen molar-refractivity contribution < 1.29 is 4.79 Å². The Morgan fingerprint density at radius 1 is 1.33 bits per heavy atom. The summed E-state index contributed by atoms with van der Waals surface area (Å²) in [6.45, 7) is 9.38. The Morgan fingerprint density at radius 2 is 2.10 bits per heavy atom. The lowest BCUT2D eigenvalue weighted by Gasteiger charge is -2.35. The van der Waals surface area contributed by atoms with Gasteiger partial charge in [0.05, 0.1) is 6.42 Å². The number of carbonyl (C=O) groups is 1. The third kappa shape index (κ3) is 4.48. The smallest absolute Gasteiger partial charge is 0.228 e. The average Bonchev–Trinajstić information content (AvgIpc) is 2.38. The molecule has 0 aliphatic carbocycles. The van der Waals surface area contributed by atoms with Gasteiger partial charge in [0.15, 0.2) is 0 Å². The molecule has 0 saturated heterocycles. The number of aryl methyl sites for hydroxylation is 1. The first-order chi connectivity index (χ1) is 9.84. The van der Waals surface area contributed by atoms with E-state index in [0.29, 0.717) is 6.42 Å². The topological polar surface area (TPSA) is 32.3 Å². The van der Waals surface area contributed by atoms with E-state index in [2.05, 4.69) is 37.1 Å². The fourth-order valence-corrected chi connectivity index (χ4v) is 2.30. The van der Waals surface area contributed by atoms with Gasteiger partial charge in [-0.25, -0.2) is 0 Å². The predicted octanol–water partition coefficient (Wildman–Crippen LogP) is 3.17. The molecular formula is C18H24N2O. The second kappa shape index (κ2) is 6.17. The number of nitrogens with zero attached hydrogens (tertiary/aromatic N) is 1. The number of carbonyl (C=O) groups excluding carboxylic acids is 1. The van der Waals surface area contributed by atoms with Crippen LogP contribution in [0.3, 0.4) is 0 Å². The van der Waals surface area contributed by atoms with Gasteiger partial charge in [-0.05, 0) is 45.4 Å². The van der Waals surface area contributed by atoms with Gasteiger partial charge in [-0.1, -0.05) is 29.8 Å². The molecule has 0 radical (unpaired) electrons. The number of hydrogen-bond donors (Lipinski definition) is 1. The zero-order chi connectivity index (χ0) is 15.5. The molecule has 0 atom stereocenters. The van der Waals surface area contributed by atoms with Crippen LogP contribution in [0.2, 0.25) is 0 Å². The van der Waals surface area contributed by atoms with Crippen molar-refractivity contribution in [2.24, 2.45) is 0 Å². The average molecular weight is 284 g/mol. The summed E-state index contributed by atoms with van der Waals surface area (Å²) in [5.74, 6) is 0.0284. The molecule has 1 aromatic carbocycles. The second-order valence-corrected chi connectivity index (χ2v) is 6.51. The van der Waals surface area contributed by atoms with Gasteiger partial charge in [0.1, 0.15) is 0 Å². The van der Waals surface area contributed by atoms with Gasteiger partial charge in [0, 0.05) is 24.0 Å². The molecule has 1 aliphatic heterocycles. The van der Waals surface area contributed by atoms with Crippen LogP contribution in [0.4, 0.5) is 0 Å². The van der Waals surface area contributed by atoms with Gasteiger partial charge in [-0.15, -0.1) is 0 Å². The third-order valence-corrected chi connectivity index (χ3v) is 3.53. The fourth-order valence-electron chi connectivity index (χ4n) is 2.30. The molecule has 1 amide bonds. The first kappa shape index (κ1) is 15.4. The van der Waals surface area contributed by atoms with Gasteiger partial charge in [-0.3, -0.25) is 4.79 Å². The highest BCUT2D eigenvalue weighted by atomic mass is 16.1. The second-order valence-electron chi connectivity index (χ2n) is 6.51. The third-order valence-electron chi connectivity index (χ3n) is 3.53. The van der Waals surface area contributed by atoms with E-state index in [0.717, 1.165) is 17.8 Å². The Hall–Kier alpha value is -2.03. The molecular weight excluding hydrogens is 260 g/mol. The summed E-state index contributed by atoms with van der Waals surface area (Å²) in [4.78, 5) is 14.3. The molecule has 0 bridgehead atoms. The monoisotopic (exact) mass is 284 g/mol. The van der Waals surface area contributed by atoms with E-state index in [1.165, 1.54) is 5.56 Å². The first-order valence-corrected chi connectivity index (χ1v) is 7.35. The summed E-state index contributed by atoms with van der Waals surface area (Å²) in [5.41, 5.74) is 3.21. The van der Waals surface area contributed by atoms with E-state index in [1.807, 2.05) is 43.5 Å². The minimum absolute atomic E-state index is 0.0284. The minimum atomic E-state index is 0.0284. The van der Waals surface area contributed by atoms with Crippen LogP contribution in [0.5, 0.6) is 0 Å². The number of hydrogen-bond acceptors (Lipinski definition) is 2. The molecule has 3 nitrogen and oxygen atoms in total. The van der Waals surface area contributed by atoms with Gasteiger partial charge in [0.2, 0.25) is 5.91 Å². The normalized spacial score (nSPS) is 14.9. The number of rotatable bonds is 3. The largest absolute Gasteiger partial charge is 0.369 e. The molecule has 3 heteroatoms. The lowest BCUT2D eigenvalue weighted by atomic mass is 10.1. The van der Waals surface area contributed by atoms with Gasteiger partial charge in [-0.2, -0.15) is 0 Å².